The third-order valence-corrected chi connectivity index (χ3v) is 7.95. The van der Waals surface area contributed by atoms with Crippen molar-refractivity contribution in [3.8, 4) is 22.3 Å². The maximum absolute atomic E-state index is 3.60. The molecule has 0 aliphatic heterocycles. The molecule has 6 rings (SSSR count). The molecular weight excluding hydrogens is 502 g/mol. The van der Waals surface area contributed by atoms with Gasteiger partial charge in [-0.1, -0.05) is 102 Å². The molecule has 36 heavy (non-hydrogen) atoms. The molecule has 1 aliphatic rings. The zero-order valence-corrected chi connectivity index (χ0v) is 22.4. The van der Waals surface area contributed by atoms with Crippen LogP contribution < -0.4 is 4.90 Å². The zero-order valence-electron chi connectivity index (χ0n) is 20.8. The van der Waals surface area contributed by atoms with Crippen molar-refractivity contribution in [1.82, 2.24) is 0 Å². The average molecular weight is 531 g/mol. The predicted octanol–water partition coefficient (Wildman–Crippen LogP) is 10.2. The van der Waals surface area contributed by atoms with Crippen LogP contribution in [0.2, 0.25) is 0 Å². The van der Waals surface area contributed by atoms with E-state index < -0.39 is 0 Å². The maximum Gasteiger partial charge on any atom is 0.0465 e. The van der Waals surface area contributed by atoms with Crippen molar-refractivity contribution in [3.05, 3.63) is 136 Å². The van der Waals surface area contributed by atoms with Crippen molar-refractivity contribution in [3.63, 3.8) is 0 Å². The molecule has 0 amide bonds. The summed E-state index contributed by atoms with van der Waals surface area (Å²) >= 11 is 3.60. The number of benzene rings is 5. The van der Waals surface area contributed by atoms with Gasteiger partial charge in [-0.3, -0.25) is 0 Å². The SMILES string of the molecule is Cc1ccc(-c2ccc(N(c3ccc(Br)cc3)c3ccc4c(c3)C(C)(C)c3ccccc3-4)cc2)cc1. The summed E-state index contributed by atoms with van der Waals surface area (Å²) in [5, 5.41) is 0. The lowest BCUT2D eigenvalue weighted by atomic mass is 9.82. The van der Waals surface area contributed by atoms with Crippen LogP contribution in [0.4, 0.5) is 17.1 Å². The van der Waals surface area contributed by atoms with E-state index in [1.165, 1.54) is 44.6 Å². The molecule has 1 aliphatic carbocycles. The molecule has 5 aromatic rings. The highest BCUT2D eigenvalue weighted by molar-refractivity contribution is 9.10. The van der Waals surface area contributed by atoms with Gasteiger partial charge in [-0.15, -0.1) is 0 Å². The molecule has 0 N–H and O–H groups in total. The highest BCUT2D eigenvalue weighted by atomic mass is 79.9. The molecule has 0 radical (unpaired) electrons. The molecular formula is C34H28BrN. The van der Waals surface area contributed by atoms with Gasteiger partial charge >= 0.3 is 0 Å². The van der Waals surface area contributed by atoms with Gasteiger partial charge in [0.2, 0.25) is 0 Å². The molecule has 0 fully saturated rings. The molecule has 0 heterocycles. The van der Waals surface area contributed by atoms with Crippen LogP contribution in [-0.4, -0.2) is 0 Å². The minimum Gasteiger partial charge on any atom is -0.310 e. The molecule has 0 unspecified atom stereocenters. The number of nitrogens with zero attached hydrogens (tertiary/aromatic N) is 1. The van der Waals surface area contributed by atoms with E-state index in [1.54, 1.807) is 0 Å². The monoisotopic (exact) mass is 529 g/mol. The molecule has 2 heteroatoms. The van der Waals surface area contributed by atoms with E-state index in [0.29, 0.717) is 0 Å². The molecule has 0 atom stereocenters. The Morgan fingerprint density at radius 3 is 1.75 bits per heavy atom. The summed E-state index contributed by atoms with van der Waals surface area (Å²) in [6.07, 6.45) is 0. The fourth-order valence-electron chi connectivity index (χ4n) is 5.42. The van der Waals surface area contributed by atoms with E-state index in [0.717, 1.165) is 15.8 Å². The Morgan fingerprint density at radius 2 is 1.08 bits per heavy atom. The van der Waals surface area contributed by atoms with Crippen LogP contribution in [-0.2, 0) is 5.41 Å². The van der Waals surface area contributed by atoms with Gasteiger partial charge in [0.15, 0.2) is 0 Å². The van der Waals surface area contributed by atoms with Gasteiger partial charge in [0.05, 0.1) is 0 Å². The topological polar surface area (TPSA) is 3.24 Å². The molecule has 0 bridgehead atoms. The summed E-state index contributed by atoms with van der Waals surface area (Å²) in [4.78, 5) is 2.35. The number of hydrogen-bond acceptors (Lipinski definition) is 1. The summed E-state index contributed by atoms with van der Waals surface area (Å²) < 4.78 is 1.08. The Hall–Kier alpha value is -3.62. The second kappa shape index (κ2) is 8.80. The summed E-state index contributed by atoms with van der Waals surface area (Å²) in [6, 6.07) is 41.9. The van der Waals surface area contributed by atoms with Gasteiger partial charge in [-0.05, 0) is 88.8 Å². The first-order valence-electron chi connectivity index (χ1n) is 12.4. The van der Waals surface area contributed by atoms with E-state index >= 15 is 0 Å². The normalized spacial score (nSPS) is 13.2. The van der Waals surface area contributed by atoms with Crippen molar-refractivity contribution in [2.45, 2.75) is 26.2 Å². The van der Waals surface area contributed by atoms with E-state index in [9.17, 15) is 0 Å². The molecule has 0 saturated carbocycles. The van der Waals surface area contributed by atoms with Gasteiger partial charge in [-0.2, -0.15) is 0 Å². The quantitative estimate of drug-likeness (QED) is 0.223. The van der Waals surface area contributed by atoms with Crippen molar-refractivity contribution < 1.29 is 0 Å². The number of rotatable bonds is 4. The van der Waals surface area contributed by atoms with E-state index in [1.807, 2.05) is 0 Å². The van der Waals surface area contributed by atoms with Crippen molar-refractivity contribution >= 4 is 33.0 Å². The molecule has 0 saturated heterocycles. The van der Waals surface area contributed by atoms with E-state index in [2.05, 4.69) is 157 Å². The highest BCUT2D eigenvalue weighted by Gasteiger charge is 2.35. The summed E-state index contributed by atoms with van der Waals surface area (Å²) in [5.74, 6) is 0. The second-order valence-corrected chi connectivity index (χ2v) is 11.0. The molecule has 176 valence electrons. The van der Waals surface area contributed by atoms with Crippen molar-refractivity contribution in [1.29, 1.82) is 0 Å². The van der Waals surface area contributed by atoms with Gasteiger partial charge in [0.1, 0.15) is 0 Å². The first kappa shape index (κ1) is 22.8. The van der Waals surface area contributed by atoms with Gasteiger partial charge in [0.25, 0.3) is 0 Å². The Morgan fingerprint density at radius 1 is 0.556 bits per heavy atom. The lowest BCUT2D eigenvalue weighted by Gasteiger charge is -2.28. The smallest absolute Gasteiger partial charge is 0.0465 e. The average Bonchev–Trinajstić information content (AvgIpc) is 3.13. The molecule has 1 nitrogen and oxygen atoms in total. The lowest BCUT2D eigenvalue weighted by molar-refractivity contribution is 0.660. The Labute approximate surface area is 222 Å². The lowest BCUT2D eigenvalue weighted by Crippen LogP contribution is -2.16. The van der Waals surface area contributed by atoms with Crippen LogP contribution >= 0.6 is 15.9 Å². The van der Waals surface area contributed by atoms with Crippen LogP contribution in [0.5, 0.6) is 0 Å². The number of halogens is 1. The summed E-state index contributed by atoms with van der Waals surface area (Å²) in [5.41, 5.74) is 12.6. The van der Waals surface area contributed by atoms with E-state index in [4.69, 9.17) is 0 Å². The van der Waals surface area contributed by atoms with Crippen LogP contribution in [0, 0.1) is 6.92 Å². The van der Waals surface area contributed by atoms with Gasteiger partial charge in [0, 0.05) is 26.9 Å². The minimum absolute atomic E-state index is 0.0391. The van der Waals surface area contributed by atoms with Crippen LogP contribution in [0.1, 0.15) is 30.5 Å². The maximum atomic E-state index is 3.60. The fourth-order valence-corrected chi connectivity index (χ4v) is 5.68. The van der Waals surface area contributed by atoms with Crippen molar-refractivity contribution in [2.24, 2.45) is 0 Å². The first-order valence-corrected chi connectivity index (χ1v) is 13.2. The van der Waals surface area contributed by atoms with Crippen LogP contribution in [0.15, 0.2) is 120 Å². The molecule has 0 aromatic heterocycles. The molecule has 0 spiro atoms. The second-order valence-electron chi connectivity index (χ2n) is 10.1. The van der Waals surface area contributed by atoms with Crippen molar-refractivity contribution in [2.75, 3.05) is 4.90 Å². The standard InChI is InChI=1S/C34H28BrN/c1-23-8-10-24(11-9-23)25-12-16-27(17-13-25)36(28-18-14-26(35)15-19-28)29-20-21-31-30-6-4-5-7-32(30)34(2,3)33(31)22-29/h4-22H,1-3H3. The third kappa shape index (κ3) is 3.86. The minimum atomic E-state index is -0.0391. The fraction of sp³-hybridized carbons (Fsp3) is 0.118. The number of hydrogen-bond donors (Lipinski definition) is 0. The number of aryl methyl sites for hydroxylation is 1. The molecule has 5 aromatic carbocycles. The summed E-state index contributed by atoms with van der Waals surface area (Å²) in [6.45, 7) is 6.79. The van der Waals surface area contributed by atoms with Crippen LogP contribution in [0.25, 0.3) is 22.3 Å². The highest BCUT2D eigenvalue weighted by Crippen LogP contribution is 2.50. The largest absolute Gasteiger partial charge is 0.310 e. The van der Waals surface area contributed by atoms with E-state index in [-0.39, 0.29) is 5.41 Å². The Bertz CT molecular complexity index is 1550. The zero-order chi connectivity index (χ0) is 24.9. The Kier molecular flexibility index (Phi) is 5.58. The van der Waals surface area contributed by atoms with Gasteiger partial charge in [-0.25, -0.2) is 0 Å². The number of fused-ring (bicyclic) bond motifs is 3. The third-order valence-electron chi connectivity index (χ3n) is 7.42. The van der Waals surface area contributed by atoms with Gasteiger partial charge < -0.3 is 4.90 Å². The first-order chi connectivity index (χ1) is 17.4. The predicted molar refractivity (Wildman–Crippen MR) is 157 cm³/mol. The number of anilines is 3. The Balaban J connectivity index is 1.46. The van der Waals surface area contributed by atoms with Crippen LogP contribution in [0.3, 0.4) is 0 Å². The summed E-state index contributed by atoms with van der Waals surface area (Å²) in [7, 11) is 0.